The number of hydrogen-bond donors (Lipinski definition) is 1. The van der Waals surface area contributed by atoms with Gasteiger partial charge in [0.2, 0.25) is 0 Å². The Kier molecular flexibility index (Phi) is 5.81. The van der Waals surface area contributed by atoms with Crippen LogP contribution >= 0.6 is 0 Å². The molecule has 3 fully saturated rings. The number of fused-ring (bicyclic) bond motifs is 5. The largest absolute Gasteiger partial charge is 0.497 e. The molecule has 2 saturated heterocycles. The predicted octanol–water partition coefficient (Wildman–Crippen LogP) is 3.94. The van der Waals surface area contributed by atoms with Gasteiger partial charge in [-0.1, -0.05) is 25.0 Å². The normalized spacial score (nSPS) is 33.5. The van der Waals surface area contributed by atoms with E-state index in [2.05, 4.69) is 41.5 Å². The lowest BCUT2D eigenvalue weighted by Crippen LogP contribution is -2.59. The Morgan fingerprint density at radius 2 is 2.03 bits per heavy atom. The molecule has 7 rings (SSSR count). The van der Waals surface area contributed by atoms with Crippen molar-refractivity contribution < 1.29 is 4.74 Å². The van der Waals surface area contributed by atoms with E-state index in [-0.39, 0.29) is 5.56 Å². The second-order valence-electron chi connectivity index (χ2n) is 11.4. The van der Waals surface area contributed by atoms with Gasteiger partial charge in [0, 0.05) is 42.2 Å². The summed E-state index contributed by atoms with van der Waals surface area (Å²) in [6.45, 7) is 4.26. The first-order chi connectivity index (χ1) is 16.6. The summed E-state index contributed by atoms with van der Waals surface area (Å²) in [7, 11) is 4.12. The number of likely N-dealkylation sites (tertiary alicyclic amines) is 1. The third kappa shape index (κ3) is 3.63. The Morgan fingerprint density at radius 1 is 1.12 bits per heavy atom. The quantitative estimate of drug-likeness (QED) is 0.699. The molecule has 0 unspecified atom stereocenters. The lowest BCUT2D eigenvalue weighted by molar-refractivity contribution is 0.00274. The van der Waals surface area contributed by atoms with Crippen molar-refractivity contribution in [1.29, 1.82) is 0 Å². The molecule has 0 spiro atoms. The zero-order valence-corrected chi connectivity index (χ0v) is 20.8. The third-order valence-electron chi connectivity index (χ3n) is 9.71. The molecular weight excluding hydrogens is 422 g/mol. The molecule has 34 heavy (non-hydrogen) atoms. The number of aromatic nitrogens is 1. The fourth-order valence-electron chi connectivity index (χ4n) is 8.04. The van der Waals surface area contributed by atoms with Crippen molar-refractivity contribution in [2.45, 2.75) is 68.9 Å². The Balaban J connectivity index is 0.000000136. The van der Waals surface area contributed by atoms with Gasteiger partial charge in [0.15, 0.2) is 0 Å². The van der Waals surface area contributed by atoms with Gasteiger partial charge in [0.1, 0.15) is 5.75 Å². The van der Waals surface area contributed by atoms with E-state index in [1.165, 1.54) is 57.2 Å². The number of piperidine rings is 2. The number of likely N-dealkylation sites (N-methyl/N-ethyl adjacent to an activating group) is 1. The fraction of sp³-hybridized carbons (Fsp3) is 0.621. The number of rotatable bonds is 1. The van der Waals surface area contributed by atoms with Crippen LogP contribution in [0.1, 0.15) is 61.3 Å². The summed E-state index contributed by atoms with van der Waals surface area (Å²) in [6, 6.07) is 13.2. The molecule has 3 aliphatic heterocycles. The number of methoxy groups -OCH3 is 1. The summed E-state index contributed by atoms with van der Waals surface area (Å²) in [4.78, 5) is 14.3. The molecule has 5 nitrogen and oxygen atoms in total. The average molecular weight is 462 g/mol. The molecule has 5 heteroatoms. The van der Waals surface area contributed by atoms with E-state index in [0.29, 0.717) is 17.3 Å². The highest BCUT2D eigenvalue weighted by Gasteiger charge is 2.53. The van der Waals surface area contributed by atoms with Gasteiger partial charge < -0.3 is 19.5 Å². The second-order valence-corrected chi connectivity index (χ2v) is 11.4. The summed E-state index contributed by atoms with van der Waals surface area (Å²) in [5, 5.41) is 3.43. The Bertz CT molecular complexity index is 1110. The molecule has 1 aromatic heterocycles. The van der Waals surface area contributed by atoms with Crippen molar-refractivity contribution in [1.82, 2.24) is 14.8 Å². The predicted molar refractivity (Wildman–Crippen MR) is 136 cm³/mol. The van der Waals surface area contributed by atoms with Crippen molar-refractivity contribution in [2.75, 3.05) is 33.8 Å². The highest BCUT2D eigenvalue weighted by atomic mass is 16.5. The Morgan fingerprint density at radius 3 is 2.91 bits per heavy atom. The number of benzene rings is 1. The van der Waals surface area contributed by atoms with Gasteiger partial charge in [0.25, 0.3) is 5.56 Å². The standard InChI is InChI=1S/C18H25NO.C11H14N2O/c1-19-10-9-18-8-4-3-5-15(18)17(19)11-13-6-7-14(20-2)12-16(13)18;14-11-3-1-2-10-9-4-8(5-12-6-9)7-13(10)11/h6-7,12,15,17H,3-5,8-11H2,1-2H3;1-3,8-9,12H,4-7H2/t15-,17+,18+;8-,9+/m10/s1. The number of hydrogen-bond acceptors (Lipinski definition) is 4. The molecule has 5 atom stereocenters. The van der Waals surface area contributed by atoms with Gasteiger partial charge in [-0.15, -0.1) is 0 Å². The van der Waals surface area contributed by atoms with E-state index in [1.807, 2.05) is 10.6 Å². The molecule has 2 aromatic rings. The van der Waals surface area contributed by atoms with E-state index in [1.54, 1.807) is 24.3 Å². The first-order valence-corrected chi connectivity index (χ1v) is 13.4. The van der Waals surface area contributed by atoms with Crippen molar-refractivity contribution in [3.05, 3.63) is 63.6 Å². The van der Waals surface area contributed by atoms with Crippen LogP contribution in [0.25, 0.3) is 0 Å². The molecule has 4 bridgehead atoms. The third-order valence-corrected chi connectivity index (χ3v) is 9.71. The summed E-state index contributed by atoms with van der Waals surface area (Å²) in [5.41, 5.74) is 5.06. The minimum atomic E-state index is 0.166. The molecule has 4 heterocycles. The average Bonchev–Trinajstić information content (AvgIpc) is 2.87. The molecular formula is C29H39N3O2. The SMILES string of the molecule is COc1ccc2c(c1)[C@]13CCCC[C@@H]1[C@H](C2)N(C)CC3.O=c1cccc2n1C[C@@H]1CNC[C@H]2C1. The van der Waals surface area contributed by atoms with Crippen LogP contribution in [0, 0.1) is 11.8 Å². The van der Waals surface area contributed by atoms with Gasteiger partial charge >= 0.3 is 0 Å². The number of pyridine rings is 1. The van der Waals surface area contributed by atoms with Crippen molar-refractivity contribution >= 4 is 0 Å². The maximum absolute atomic E-state index is 11.6. The summed E-state index contributed by atoms with van der Waals surface area (Å²) < 4.78 is 7.46. The minimum absolute atomic E-state index is 0.166. The molecule has 1 saturated carbocycles. The summed E-state index contributed by atoms with van der Waals surface area (Å²) in [5.74, 6) is 3.12. The number of ether oxygens (including phenoxy) is 1. The molecule has 5 aliphatic rings. The highest BCUT2D eigenvalue weighted by Crippen LogP contribution is 2.55. The molecule has 1 N–H and O–H groups in total. The van der Waals surface area contributed by atoms with Crippen LogP contribution in [0.5, 0.6) is 5.75 Å². The zero-order chi connectivity index (χ0) is 23.3. The van der Waals surface area contributed by atoms with Crippen molar-refractivity contribution in [3.63, 3.8) is 0 Å². The number of nitrogens with one attached hydrogen (secondary N) is 1. The second kappa shape index (κ2) is 8.83. The van der Waals surface area contributed by atoms with Crippen LogP contribution in [-0.2, 0) is 18.4 Å². The van der Waals surface area contributed by atoms with Gasteiger partial charge in [0.05, 0.1) is 7.11 Å². The lowest BCUT2D eigenvalue weighted by Gasteiger charge is -2.58. The molecule has 182 valence electrons. The van der Waals surface area contributed by atoms with E-state index in [9.17, 15) is 4.79 Å². The lowest BCUT2D eigenvalue weighted by atomic mass is 9.52. The smallest absolute Gasteiger partial charge is 0.250 e. The Labute approximate surface area is 203 Å². The highest BCUT2D eigenvalue weighted by molar-refractivity contribution is 5.45. The van der Waals surface area contributed by atoms with Crippen LogP contribution in [-0.4, -0.2) is 49.3 Å². The van der Waals surface area contributed by atoms with Crippen molar-refractivity contribution in [3.8, 4) is 5.75 Å². The molecule has 0 amide bonds. The molecule has 2 aliphatic carbocycles. The fourth-order valence-corrected chi connectivity index (χ4v) is 8.04. The van der Waals surface area contributed by atoms with Gasteiger partial charge in [-0.25, -0.2) is 0 Å². The number of nitrogens with zero attached hydrogens (tertiary/aromatic N) is 2. The van der Waals surface area contributed by atoms with Crippen LogP contribution in [0.2, 0.25) is 0 Å². The van der Waals surface area contributed by atoms with Gasteiger partial charge in [-0.3, -0.25) is 4.79 Å². The zero-order valence-electron chi connectivity index (χ0n) is 20.8. The van der Waals surface area contributed by atoms with E-state index in [0.717, 1.165) is 37.3 Å². The molecule has 0 radical (unpaired) electrons. The Hall–Kier alpha value is -2.11. The van der Waals surface area contributed by atoms with Crippen LogP contribution < -0.4 is 15.6 Å². The summed E-state index contributed by atoms with van der Waals surface area (Å²) in [6.07, 6.45) is 9.47. The molecule has 1 aromatic carbocycles. The monoisotopic (exact) mass is 461 g/mol. The maximum atomic E-state index is 11.6. The topological polar surface area (TPSA) is 46.5 Å². The van der Waals surface area contributed by atoms with Gasteiger partial charge in [-0.2, -0.15) is 0 Å². The van der Waals surface area contributed by atoms with E-state index in [4.69, 9.17) is 4.74 Å². The van der Waals surface area contributed by atoms with E-state index < -0.39 is 0 Å². The van der Waals surface area contributed by atoms with Gasteiger partial charge in [-0.05, 0) is 93.4 Å². The summed E-state index contributed by atoms with van der Waals surface area (Å²) >= 11 is 0. The van der Waals surface area contributed by atoms with Crippen LogP contribution in [0.15, 0.2) is 41.2 Å². The van der Waals surface area contributed by atoms with Crippen molar-refractivity contribution in [2.24, 2.45) is 11.8 Å². The first kappa shape index (κ1) is 22.4. The first-order valence-electron chi connectivity index (χ1n) is 13.4. The van der Waals surface area contributed by atoms with E-state index >= 15 is 0 Å². The maximum Gasteiger partial charge on any atom is 0.250 e. The minimum Gasteiger partial charge on any atom is -0.497 e. The van der Waals surface area contributed by atoms with Crippen LogP contribution in [0.4, 0.5) is 0 Å². The van der Waals surface area contributed by atoms with Crippen LogP contribution in [0.3, 0.4) is 0 Å².